The second-order valence-electron chi connectivity index (χ2n) is 3.00. The van der Waals surface area contributed by atoms with Gasteiger partial charge in [0.25, 0.3) is 0 Å². The summed E-state index contributed by atoms with van der Waals surface area (Å²) in [5.74, 6) is 0.296. The Kier molecular flexibility index (Phi) is 3.84. The Labute approximate surface area is 89.2 Å². The molecule has 0 atom stereocenters. The summed E-state index contributed by atoms with van der Waals surface area (Å²) in [7, 11) is 0. The summed E-state index contributed by atoms with van der Waals surface area (Å²) in [4.78, 5) is 2.23. The molecule has 0 saturated carbocycles. The summed E-state index contributed by atoms with van der Waals surface area (Å²) < 4.78 is 0. The molecule has 0 heterocycles. The number of benzene rings is 1. The van der Waals surface area contributed by atoms with Crippen molar-refractivity contribution in [2.24, 2.45) is 0 Å². The molecule has 1 rings (SSSR count). The van der Waals surface area contributed by atoms with Crippen LogP contribution in [0.25, 0.3) is 4.91 Å². The van der Waals surface area contributed by atoms with Gasteiger partial charge in [-0.2, -0.15) is 0 Å². The highest BCUT2D eigenvalue weighted by Gasteiger charge is 2.01. The van der Waals surface area contributed by atoms with Crippen molar-refractivity contribution >= 4 is 16.7 Å². The van der Waals surface area contributed by atoms with E-state index in [2.05, 4.69) is 6.58 Å². The predicted molar refractivity (Wildman–Crippen MR) is 64.2 cm³/mol. The number of hydrogen-bond acceptors (Lipinski definition) is 2. The van der Waals surface area contributed by atoms with Crippen molar-refractivity contribution in [2.45, 2.75) is 13.8 Å². The first-order valence-electron chi connectivity index (χ1n) is 4.42. The fourth-order valence-electron chi connectivity index (χ4n) is 1.10. The molecule has 0 aliphatic carbocycles. The molecule has 14 heavy (non-hydrogen) atoms. The largest absolute Gasteiger partial charge is 0.508 e. The second-order valence-corrected chi connectivity index (χ2v) is 4.34. The third kappa shape index (κ3) is 2.96. The highest BCUT2D eigenvalue weighted by Crippen LogP contribution is 2.32. The number of allylic oxidation sites excluding steroid dienone is 2. The summed E-state index contributed by atoms with van der Waals surface area (Å²) >= 11 is 1.64. The molecule has 0 amide bonds. The van der Waals surface area contributed by atoms with Crippen LogP contribution in [0, 0.1) is 0 Å². The van der Waals surface area contributed by atoms with Gasteiger partial charge >= 0.3 is 0 Å². The zero-order valence-electron chi connectivity index (χ0n) is 8.45. The van der Waals surface area contributed by atoms with Gasteiger partial charge in [-0.15, -0.1) is 0 Å². The minimum Gasteiger partial charge on any atom is -0.508 e. The summed E-state index contributed by atoms with van der Waals surface area (Å²) in [6, 6.07) is 7.19. The maximum atomic E-state index is 9.15. The van der Waals surface area contributed by atoms with E-state index in [1.165, 1.54) is 0 Å². The van der Waals surface area contributed by atoms with Gasteiger partial charge in [-0.1, -0.05) is 36.5 Å². The van der Waals surface area contributed by atoms with Crippen LogP contribution < -0.4 is 0 Å². The van der Waals surface area contributed by atoms with E-state index < -0.39 is 0 Å². The van der Waals surface area contributed by atoms with E-state index in [1.54, 1.807) is 23.9 Å². The van der Waals surface area contributed by atoms with E-state index >= 15 is 0 Å². The van der Waals surface area contributed by atoms with Crippen molar-refractivity contribution in [3.05, 3.63) is 47.4 Å². The number of aromatic hydroxyl groups is 1. The molecule has 0 aliphatic heterocycles. The maximum absolute atomic E-state index is 9.15. The molecular weight excluding hydrogens is 192 g/mol. The summed E-state index contributed by atoms with van der Waals surface area (Å²) in [6.45, 7) is 7.84. The van der Waals surface area contributed by atoms with Crippen LogP contribution in [0.3, 0.4) is 0 Å². The van der Waals surface area contributed by atoms with Crippen molar-refractivity contribution in [3.63, 3.8) is 0 Å². The van der Waals surface area contributed by atoms with Crippen molar-refractivity contribution < 1.29 is 5.11 Å². The predicted octanol–water partition coefficient (Wildman–Crippen LogP) is 4.02. The van der Waals surface area contributed by atoms with Gasteiger partial charge in [0.05, 0.1) is 0 Å². The molecule has 0 spiro atoms. The average Bonchev–Trinajstić information content (AvgIpc) is 2.15. The molecule has 0 aromatic heterocycles. The lowest BCUT2D eigenvalue weighted by atomic mass is 10.2. The van der Waals surface area contributed by atoms with Crippen LogP contribution in [0.4, 0.5) is 0 Å². The van der Waals surface area contributed by atoms with Crippen molar-refractivity contribution in [2.75, 3.05) is 0 Å². The van der Waals surface area contributed by atoms with Crippen LogP contribution in [0.1, 0.15) is 19.4 Å². The highest BCUT2D eigenvalue weighted by molar-refractivity contribution is 8.11. The summed E-state index contributed by atoms with van der Waals surface area (Å²) in [6.07, 6.45) is 2.05. The van der Waals surface area contributed by atoms with E-state index in [0.29, 0.717) is 5.75 Å². The zero-order valence-corrected chi connectivity index (χ0v) is 9.27. The quantitative estimate of drug-likeness (QED) is 0.806. The standard InChI is InChI=1S/C12H14OS/c1-4-12(14-9(2)3)10-5-7-11(13)8-6-10/h4-8,13H,2H2,1,3H3/b12-4-. The fraction of sp³-hybridized carbons (Fsp3) is 0.167. The van der Waals surface area contributed by atoms with E-state index in [9.17, 15) is 0 Å². The molecule has 1 aromatic rings. The van der Waals surface area contributed by atoms with Crippen LogP contribution in [0.2, 0.25) is 0 Å². The van der Waals surface area contributed by atoms with Gasteiger partial charge in [-0.3, -0.25) is 0 Å². The Hall–Kier alpha value is -1.15. The van der Waals surface area contributed by atoms with Gasteiger partial charge in [-0.25, -0.2) is 0 Å². The minimum atomic E-state index is 0.296. The molecule has 1 aromatic carbocycles. The summed E-state index contributed by atoms with van der Waals surface area (Å²) in [5, 5.41) is 9.15. The van der Waals surface area contributed by atoms with Gasteiger partial charge in [0.15, 0.2) is 0 Å². The number of rotatable bonds is 3. The SMILES string of the molecule is C=C(C)S/C(=C\C)c1ccc(O)cc1. The Morgan fingerprint density at radius 2 is 1.93 bits per heavy atom. The first kappa shape index (κ1) is 10.9. The Bertz CT molecular complexity index is 349. The number of phenolic OH excluding ortho intramolecular Hbond substituents is 1. The molecule has 0 bridgehead atoms. The smallest absolute Gasteiger partial charge is 0.115 e. The lowest BCUT2D eigenvalue weighted by molar-refractivity contribution is 0.475. The lowest BCUT2D eigenvalue weighted by Gasteiger charge is -2.06. The minimum absolute atomic E-state index is 0.296. The van der Waals surface area contributed by atoms with Crippen molar-refractivity contribution in [1.82, 2.24) is 0 Å². The molecule has 0 fully saturated rings. The van der Waals surface area contributed by atoms with Gasteiger partial charge in [-0.05, 0) is 36.4 Å². The van der Waals surface area contributed by atoms with Gasteiger partial charge < -0.3 is 5.11 Å². The number of phenols is 1. The third-order valence-electron chi connectivity index (χ3n) is 1.70. The molecule has 0 unspecified atom stereocenters. The molecule has 2 heteroatoms. The highest BCUT2D eigenvalue weighted by atomic mass is 32.2. The first-order valence-corrected chi connectivity index (χ1v) is 5.24. The normalized spacial score (nSPS) is 11.4. The second kappa shape index (κ2) is 4.91. The van der Waals surface area contributed by atoms with E-state index in [1.807, 2.05) is 32.1 Å². The van der Waals surface area contributed by atoms with Crippen molar-refractivity contribution in [3.8, 4) is 5.75 Å². The van der Waals surface area contributed by atoms with E-state index in [0.717, 1.165) is 15.4 Å². The van der Waals surface area contributed by atoms with Gasteiger partial charge in [0.2, 0.25) is 0 Å². The third-order valence-corrected chi connectivity index (χ3v) is 2.74. The molecule has 1 nitrogen and oxygen atoms in total. The summed E-state index contributed by atoms with van der Waals surface area (Å²) in [5.41, 5.74) is 1.11. The number of hydrogen-bond donors (Lipinski definition) is 1. The van der Waals surface area contributed by atoms with E-state index in [-0.39, 0.29) is 0 Å². The van der Waals surface area contributed by atoms with Crippen LogP contribution in [0.15, 0.2) is 41.8 Å². The van der Waals surface area contributed by atoms with Crippen LogP contribution in [-0.4, -0.2) is 5.11 Å². The molecule has 74 valence electrons. The average molecular weight is 206 g/mol. The first-order chi connectivity index (χ1) is 6.63. The van der Waals surface area contributed by atoms with Gasteiger partial charge in [0.1, 0.15) is 5.75 Å². The Balaban J connectivity index is 2.91. The topological polar surface area (TPSA) is 20.2 Å². The molecule has 0 radical (unpaired) electrons. The lowest BCUT2D eigenvalue weighted by Crippen LogP contribution is -1.78. The van der Waals surface area contributed by atoms with Gasteiger partial charge in [0, 0.05) is 4.91 Å². The van der Waals surface area contributed by atoms with Crippen LogP contribution in [0.5, 0.6) is 5.75 Å². The number of thioether (sulfide) groups is 1. The Morgan fingerprint density at radius 3 is 2.36 bits per heavy atom. The van der Waals surface area contributed by atoms with Crippen LogP contribution >= 0.6 is 11.8 Å². The fourth-order valence-corrected chi connectivity index (χ4v) is 1.85. The zero-order chi connectivity index (χ0) is 10.6. The van der Waals surface area contributed by atoms with Crippen LogP contribution in [-0.2, 0) is 0 Å². The maximum Gasteiger partial charge on any atom is 0.115 e. The molecular formula is C12H14OS. The van der Waals surface area contributed by atoms with E-state index in [4.69, 9.17) is 5.11 Å². The molecule has 0 aliphatic rings. The Morgan fingerprint density at radius 1 is 1.36 bits per heavy atom. The van der Waals surface area contributed by atoms with Crippen molar-refractivity contribution in [1.29, 1.82) is 0 Å². The monoisotopic (exact) mass is 206 g/mol. The molecule has 0 saturated heterocycles. The molecule has 1 N–H and O–H groups in total.